The van der Waals surface area contributed by atoms with Crippen LogP contribution in [0, 0.1) is 5.92 Å². The molecule has 2 unspecified atom stereocenters. The number of hydrogen-bond donors (Lipinski definition) is 1. The minimum Gasteiger partial charge on any atom is -0.471 e. The van der Waals surface area contributed by atoms with Gasteiger partial charge in [0.1, 0.15) is 11.6 Å². The molecule has 0 amide bonds. The van der Waals surface area contributed by atoms with E-state index < -0.39 is 24.9 Å². The summed E-state index contributed by atoms with van der Waals surface area (Å²) in [5.74, 6) is -3.41. The number of anilines is 1. The Kier molecular flexibility index (Phi) is 8.05. The van der Waals surface area contributed by atoms with E-state index in [0.29, 0.717) is 23.8 Å². The third-order valence-corrected chi connectivity index (χ3v) is 6.22. The molecule has 38 heavy (non-hydrogen) atoms. The van der Waals surface area contributed by atoms with E-state index in [1.54, 1.807) is 12.3 Å². The van der Waals surface area contributed by atoms with Gasteiger partial charge in [-0.05, 0) is 36.6 Å². The number of aromatic nitrogens is 2. The molecule has 0 fully saturated rings. The molecule has 1 aliphatic rings. The fourth-order valence-electron chi connectivity index (χ4n) is 4.06. The third-order valence-electron chi connectivity index (χ3n) is 6.22. The average Bonchev–Trinajstić information content (AvgIpc) is 3.25. The number of para-hydroxylation sites is 1. The van der Waals surface area contributed by atoms with Crippen molar-refractivity contribution in [1.29, 1.82) is 0 Å². The highest BCUT2D eigenvalue weighted by molar-refractivity contribution is 5.51. The van der Waals surface area contributed by atoms with Crippen LogP contribution in [0.15, 0.2) is 60.9 Å². The van der Waals surface area contributed by atoms with Crippen LogP contribution in [0.4, 0.5) is 27.8 Å². The van der Waals surface area contributed by atoms with Gasteiger partial charge in [-0.25, -0.2) is 9.97 Å². The first-order valence-electron chi connectivity index (χ1n) is 12.2. The lowest BCUT2D eigenvalue weighted by atomic mass is 10.1. The van der Waals surface area contributed by atoms with Gasteiger partial charge in [-0.1, -0.05) is 38.1 Å². The predicted octanol–water partition coefficient (Wildman–Crippen LogP) is 6.78. The quantitative estimate of drug-likeness (QED) is 0.289. The Labute approximate surface area is 217 Å². The Balaban J connectivity index is 1.56. The third kappa shape index (κ3) is 6.15. The summed E-state index contributed by atoms with van der Waals surface area (Å²) in [7, 11) is 0. The molecule has 0 bridgehead atoms. The fraction of sp³-hybridized carbons (Fsp3) is 0.407. The van der Waals surface area contributed by atoms with Gasteiger partial charge in [0.2, 0.25) is 5.88 Å². The predicted molar refractivity (Wildman–Crippen MR) is 132 cm³/mol. The molecule has 4 rings (SSSR count). The summed E-state index contributed by atoms with van der Waals surface area (Å²) < 4.78 is 74.7. The van der Waals surface area contributed by atoms with E-state index in [1.807, 2.05) is 43.3 Å². The van der Waals surface area contributed by atoms with Crippen LogP contribution in [0.1, 0.15) is 49.7 Å². The first-order chi connectivity index (χ1) is 18.0. The number of fused-ring (bicyclic) bond motifs is 1. The van der Waals surface area contributed by atoms with Crippen LogP contribution in [0.2, 0.25) is 0 Å². The number of alkyl halides is 5. The highest BCUT2D eigenvalue weighted by Gasteiger charge is 2.58. The molecule has 1 N–H and O–H groups in total. The van der Waals surface area contributed by atoms with Crippen molar-refractivity contribution in [3.63, 3.8) is 0 Å². The van der Waals surface area contributed by atoms with Crippen LogP contribution >= 0.6 is 0 Å². The molecule has 204 valence electrons. The molecule has 2 aromatic heterocycles. The number of ether oxygens (including phenoxy) is 2. The molecule has 2 atom stereocenters. The van der Waals surface area contributed by atoms with E-state index in [0.717, 1.165) is 23.5 Å². The maximum absolute atomic E-state index is 13.2. The zero-order valence-electron chi connectivity index (χ0n) is 21.2. The van der Waals surface area contributed by atoms with Crippen molar-refractivity contribution in [2.45, 2.75) is 51.7 Å². The van der Waals surface area contributed by atoms with Crippen LogP contribution in [-0.2, 0) is 6.54 Å². The molecule has 0 saturated heterocycles. The summed E-state index contributed by atoms with van der Waals surface area (Å²) in [6.07, 6.45) is -3.00. The second kappa shape index (κ2) is 11.1. The number of nitrogens with one attached hydrogen (secondary N) is 1. The summed E-state index contributed by atoms with van der Waals surface area (Å²) in [4.78, 5) is 10.6. The van der Waals surface area contributed by atoms with E-state index in [2.05, 4.69) is 38.8 Å². The molecule has 6 nitrogen and oxygen atoms in total. The Bertz CT molecular complexity index is 1210. The molecule has 11 heteroatoms. The fourth-order valence-corrected chi connectivity index (χ4v) is 4.06. The van der Waals surface area contributed by atoms with Crippen molar-refractivity contribution in [3.8, 4) is 11.6 Å². The van der Waals surface area contributed by atoms with Gasteiger partial charge in [0, 0.05) is 48.7 Å². The summed E-state index contributed by atoms with van der Waals surface area (Å²) >= 11 is 0. The summed E-state index contributed by atoms with van der Waals surface area (Å²) in [5, 5.41) is 3.41. The molecule has 0 radical (unpaired) electrons. The van der Waals surface area contributed by atoms with Gasteiger partial charge in [-0.2, -0.15) is 22.0 Å². The highest BCUT2D eigenvalue weighted by Crippen LogP contribution is 2.43. The second-order valence-electron chi connectivity index (χ2n) is 9.55. The summed E-state index contributed by atoms with van der Waals surface area (Å²) in [6, 6.07) is 13.9. The van der Waals surface area contributed by atoms with E-state index in [-0.39, 0.29) is 11.9 Å². The minimum absolute atomic E-state index is 0.257. The first kappa shape index (κ1) is 27.6. The zero-order valence-corrected chi connectivity index (χ0v) is 21.2. The number of pyridine rings is 2. The van der Waals surface area contributed by atoms with Crippen molar-refractivity contribution in [3.05, 3.63) is 77.6 Å². The summed E-state index contributed by atoms with van der Waals surface area (Å²) in [5.41, 5.74) is 2.67. The van der Waals surface area contributed by atoms with Gasteiger partial charge in [-0.15, -0.1) is 0 Å². The minimum atomic E-state index is -5.70. The summed E-state index contributed by atoms with van der Waals surface area (Å²) in [6.45, 7) is 5.58. The Morgan fingerprint density at radius 3 is 2.37 bits per heavy atom. The standard InChI is InChI=1S/C27H29F5N4O2/c1-17(2)13-35-24-22-15-36(25(21(22)11-12-33-24)38-20-7-5-4-6-8-20)18(3)19-9-10-23(34-14-19)37-16-26(28,29)27(30,31)32/h4-12,14,17-18,25H,13,15-16H2,1-3H3,(H,33,35). The molecule has 0 spiro atoms. The van der Waals surface area contributed by atoms with Crippen LogP contribution in [0.3, 0.4) is 0 Å². The van der Waals surface area contributed by atoms with Crippen molar-refractivity contribution in [1.82, 2.24) is 14.9 Å². The topological polar surface area (TPSA) is 59.5 Å². The van der Waals surface area contributed by atoms with Gasteiger partial charge in [0.15, 0.2) is 12.8 Å². The maximum Gasteiger partial charge on any atom is 0.456 e. The number of nitrogens with zero attached hydrogens (tertiary/aromatic N) is 3. The van der Waals surface area contributed by atoms with Gasteiger partial charge in [0.05, 0.1) is 0 Å². The molecule has 1 aliphatic heterocycles. The van der Waals surface area contributed by atoms with Crippen molar-refractivity contribution in [2.24, 2.45) is 5.92 Å². The smallest absolute Gasteiger partial charge is 0.456 e. The molecule has 1 aromatic carbocycles. The van der Waals surface area contributed by atoms with Crippen LogP contribution < -0.4 is 14.8 Å². The van der Waals surface area contributed by atoms with E-state index >= 15 is 0 Å². The number of rotatable bonds is 10. The van der Waals surface area contributed by atoms with Gasteiger partial charge in [0.25, 0.3) is 0 Å². The monoisotopic (exact) mass is 536 g/mol. The normalized spacial score (nSPS) is 16.8. The number of benzene rings is 1. The van der Waals surface area contributed by atoms with Crippen LogP contribution in [-0.4, -0.2) is 40.1 Å². The lowest BCUT2D eigenvalue weighted by Gasteiger charge is -2.31. The molecular formula is C27H29F5N4O2. The first-order valence-corrected chi connectivity index (χ1v) is 12.2. The van der Waals surface area contributed by atoms with Crippen LogP contribution in [0.25, 0.3) is 0 Å². The Morgan fingerprint density at radius 1 is 1.00 bits per heavy atom. The highest BCUT2D eigenvalue weighted by atomic mass is 19.4. The number of halogens is 5. The van der Waals surface area contributed by atoms with E-state index in [9.17, 15) is 22.0 Å². The van der Waals surface area contributed by atoms with Gasteiger partial charge < -0.3 is 14.8 Å². The lowest BCUT2D eigenvalue weighted by Crippen LogP contribution is -2.41. The SMILES string of the molecule is CC(C)CNc1nccc2c1CN(C(C)c1ccc(OCC(F)(F)C(F)(F)F)nc1)C2Oc1ccccc1. The van der Waals surface area contributed by atoms with Crippen molar-refractivity contribution < 1.29 is 31.4 Å². The van der Waals surface area contributed by atoms with Gasteiger partial charge >= 0.3 is 12.1 Å². The lowest BCUT2D eigenvalue weighted by molar-refractivity contribution is -0.290. The average molecular weight is 537 g/mol. The molecule has 0 aliphatic carbocycles. The maximum atomic E-state index is 13.2. The molecule has 3 aromatic rings. The van der Waals surface area contributed by atoms with Crippen LogP contribution in [0.5, 0.6) is 11.6 Å². The molecular weight excluding hydrogens is 507 g/mol. The number of hydrogen-bond acceptors (Lipinski definition) is 6. The molecule has 0 saturated carbocycles. The molecule has 3 heterocycles. The van der Waals surface area contributed by atoms with Gasteiger partial charge in [-0.3, -0.25) is 4.90 Å². The van der Waals surface area contributed by atoms with Crippen molar-refractivity contribution in [2.75, 3.05) is 18.5 Å². The largest absolute Gasteiger partial charge is 0.471 e. The zero-order chi connectivity index (χ0) is 27.5. The van der Waals surface area contributed by atoms with E-state index in [4.69, 9.17) is 4.74 Å². The van der Waals surface area contributed by atoms with Crippen molar-refractivity contribution >= 4 is 5.82 Å². The second-order valence-corrected chi connectivity index (χ2v) is 9.55. The Hall–Kier alpha value is -3.47. The van der Waals surface area contributed by atoms with E-state index in [1.165, 1.54) is 12.3 Å². The Morgan fingerprint density at radius 2 is 1.74 bits per heavy atom.